The van der Waals surface area contributed by atoms with Crippen molar-refractivity contribution in [1.29, 1.82) is 0 Å². The number of carbonyl (C=O) groups excluding carboxylic acids is 1. The average molecular weight is 433 g/mol. The number of amides is 1. The van der Waals surface area contributed by atoms with E-state index in [4.69, 9.17) is 4.74 Å². The first-order valence-corrected chi connectivity index (χ1v) is 9.90. The molecule has 1 aromatic heterocycles. The SMILES string of the molecule is CC(C)(C)OC(=O)N1CCc2nc(NCCc3ccc(Br)cc3)ncc2C1. The van der Waals surface area contributed by atoms with Crippen LogP contribution in [0, 0.1) is 0 Å². The summed E-state index contributed by atoms with van der Waals surface area (Å²) < 4.78 is 6.53. The number of anilines is 1. The molecule has 1 N–H and O–H groups in total. The zero-order valence-corrected chi connectivity index (χ0v) is 17.5. The molecule has 3 rings (SSSR count). The van der Waals surface area contributed by atoms with E-state index in [9.17, 15) is 4.79 Å². The number of rotatable bonds is 4. The molecule has 0 spiro atoms. The molecule has 2 aromatic rings. The molecule has 1 aliphatic rings. The first-order valence-electron chi connectivity index (χ1n) is 9.11. The van der Waals surface area contributed by atoms with Gasteiger partial charge in [-0.15, -0.1) is 0 Å². The summed E-state index contributed by atoms with van der Waals surface area (Å²) in [6, 6.07) is 8.29. The molecular weight excluding hydrogens is 408 g/mol. The lowest BCUT2D eigenvalue weighted by molar-refractivity contribution is 0.0222. The highest BCUT2D eigenvalue weighted by molar-refractivity contribution is 9.10. The second-order valence-electron chi connectivity index (χ2n) is 7.62. The van der Waals surface area contributed by atoms with Gasteiger partial charge in [-0.1, -0.05) is 28.1 Å². The molecule has 1 aromatic carbocycles. The van der Waals surface area contributed by atoms with Crippen LogP contribution in [0.5, 0.6) is 0 Å². The summed E-state index contributed by atoms with van der Waals surface area (Å²) in [4.78, 5) is 23.0. The van der Waals surface area contributed by atoms with Crippen molar-refractivity contribution in [2.24, 2.45) is 0 Å². The number of nitrogens with one attached hydrogen (secondary N) is 1. The molecule has 2 heterocycles. The van der Waals surface area contributed by atoms with Gasteiger partial charge in [0, 0.05) is 35.7 Å². The van der Waals surface area contributed by atoms with E-state index in [2.05, 4.69) is 43.3 Å². The maximum Gasteiger partial charge on any atom is 0.410 e. The number of hydrogen-bond acceptors (Lipinski definition) is 5. The fourth-order valence-electron chi connectivity index (χ4n) is 2.85. The third-order valence-corrected chi connectivity index (χ3v) is 4.72. The highest BCUT2D eigenvalue weighted by Gasteiger charge is 2.26. The van der Waals surface area contributed by atoms with Crippen molar-refractivity contribution in [2.45, 2.75) is 45.8 Å². The van der Waals surface area contributed by atoms with E-state index in [1.807, 2.05) is 32.9 Å². The van der Waals surface area contributed by atoms with Crippen LogP contribution in [0.4, 0.5) is 10.7 Å². The van der Waals surface area contributed by atoms with Crippen molar-refractivity contribution in [2.75, 3.05) is 18.4 Å². The van der Waals surface area contributed by atoms with E-state index in [0.29, 0.717) is 25.5 Å². The van der Waals surface area contributed by atoms with Crippen molar-refractivity contribution in [3.63, 3.8) is 0 Å². The monoisotopic (exact) mass is 432 g/mol. The molecule has 0 saturated carbocycles. The van der Waals surface area contributed by atoms with Crippen LogP contribution in [0.3, 0.4) is 0 Å². The predicted octanol–water partition coefficient (Wildman–Crippen LogP) is 4.19. The predicted molar refractivity (Wildman–Crippen MR) is 109 cm³/mol. The Bertz CT molecular complexity index is 803. The van der Waals surface area contributed by atoms with E-state index < -0.39 is 5.60 Å². The van der Waals surface area contributed by atoms with Crippen LogP contribution < -0.4 is 5.32 Å². The van der Waals surface area contributed by atoms with Crippen molar-refractivity contribution in [3.05, 3.63) is 51.8 Å². The highest BCUT2D eigenvalue weighted by Crippen LogP contribution is 2.20. The molecule has 1 amide bonds. The normalized spacial score (nSPS) is 13.9. The molecule has 0 unspecified atom stereocenters. The lowest BCUT2D eigenvalue weighted by atomic mass is 10.1. The standard InChI is InChI=1S/C20H25BrN4O2/c1-20(2,3)27-19(26)25-11-9-17-15(13-25)12-23-18(24-17)22-10-8-14-4-6-16(21)7-5-14/h4-7,12H,8-11,13H2,1-3H3,(H,22,23,24). The van der Waals surface area contributed by atoms with Gasteiger partial charge >= 0.3 is 6.09 Å². The van der Waals surface area contributed by atoms with Gasteiger partial charge < -0.3 is 15.0 Å². The molecule has 27 heavy (non-hydrogen) atoms. The summed E-state index contributed by atoms with van der Waals surface area (Å²) in [5, 5.41) is 3.28. The van der Waals surface area contributed by atoms with Crippen LogP contribution in [-0.2, 0) is 24.1 Å². The molecule has 0 radical (unpaired) electrons. The quantitative estimate of drug-likeness (QED) is 0.784. The Morgan fingerprint density at radius 3 is 2.74 bits per heavy atom. The maximum atomic E-state index is 12.2. The van der Waals surface area contributed by atoms with Gasteiger partial charge in [0.25, 0.3) is 0 Å². The molecule has 7 heteroatoms. The first kappa shape index (κ1) is 19.6. The summed E-state index contributed by atoms with van der Waals surface area (Å²) in [6.07, 6.45) is 3.13. The summed E-state index contributed by atoms with van der Waals surface area (Å²) in [5.41, 5.74) is 2.74. The van der Waals surface area contributed by atoms with Gasteiger partial charge in [0.15, 0.2) is 0 Å². The second kappa shape index (κ2) is 8.25. The van der Waals surface area contributed by atoms with Crippen LogP contribution in [-0.4, -0.2) is 39.7 Å². The number of nitrogens with zero attached hydrogens (tertiary/aromatic N) is 3. The summed E-state index contributed by atoms with van der Waals surface area (Å²) in [7, 11) is 0. The third-order valence-electron chi connectivity index (χ3n) is 4.20. The second-order valence-corrected chi connectivity index (χ2v) is 8.54. The number of ether oxygens (including phenoxy) is 1. The minimum Gasteiger partial charge on any atom is -0.444 e. The Balaban J connectivity index is 1.55. The topological polar surface area (TPSA) is 67.3 Å². The van der Waals surface area contributed by atoms with Crippen molar-refractivity contribution in [1.82, 2.24) is 14.9 Å². The molecule has 0 atom stereocenters. The summed E-state index contributed by atoms with van der Waals surface area (Å²) in [6.45, 7) is 7.49. The molecule has 0 fully saturated rings. The zero-order valence-electron chi connectivity index (χ0n) is 16.0. The Hall–Kier alpha value is -2.15. The number of fused-ring (bicyclic) bond motifs is 1. The van der Waals surface area contributed by atoms with Gasteiger partial charge in [-0.3, -0.25) is 0 Å². The number of hydrogen-bond donors (Lipinski definition) is 1. The van der Waals surface area contributed by atoms with E-state index in [-0.39, 0.29) is 6.09 Å². The lowest BCUT2D eigenvalue weighted by Crippen LogP contribution is -2.40. The Morgan fingerprint density at radius 2 is 2.04 bits per heavy atom. The minimum atomic E-state index is -0.490. The zero-order chi connectivity index (χ0) is 19.4. The van der Waals surface area contributed by atoms with Crippen molar-refractivity contribution in [3.8, 4) is 0 Å². The van der Waals surface area contributed by atoms with Crippen LogP contribution in [0.15, 0.2) is 34.9 Å². The maximum absolute atomic E-state index is 12.2. The number of benzene rings is 1. The van der Waals surface area contributed by atoms with Crippen LogP contribution in [0.2, 0.25) is 0 Å². The third kappa shape index (κ3) is 5.66. The Kier molecular flexibility index (Phi) is 5.99. The van der Waals surface area contributed by atoms with Gasteiger partial charge in [-0.2, -0.15) is 0 Å². The number of aromatic nitrogens is 2. The van der Waals surface area contributed by atoms with Gasteiger partial charge in [-0.05, 0) is 44.9 Å². The Morgan fingerprint density at radius 1 is 1.30 bits per heavy atom. The summed E-state index contributed by atoms with van der Waals surface area (Å²) in [5.74, 6) is 0.636. The van der Waals surface area contributed by atoms with Crippen LogP contribution >= 0.6 is 15.9 Å². The molecule has 0 aliphatic carbocycles. The first-order chi connectivity index (χ1) is 12.8. The van der Waals surface area contributed by atoms with E-state index in [0.717, 1.165) is 28.7 Å². The molecule has 6 nitrogen and oxygen atoms in total. The largest absolute Gasteiger partial charge is 0.444 e. The molecule has 0 saturated heterocycles. The lowest BCUT2D eigenvalue weighted by Gasteiger charge is -2.30. The molecule has 144 valence electrons. The van der Waals surface area contributed by atoms with Crippen LogP contribution in [0.1, 0.15) is 37.6 Å². The highest BCUT2D eigenvalue weighted by atomic mass is 79.9. The number of halogens is 1. The van der Waals surface area contributed by atoms with Gasteiger partial charge in [0.1, 0.15) is 5.60 Å². The van der Waals surface area contributed by atoms with Crippen molar-refractivity contribution >= 4 is 28.0 Å². The Labute approximate surface area is 168 Å². The molecule has 1 aliphatic heterocycles. The minimum absolute atomic E-state index is 0.287. The van der Waals surface area contributed by atoms with Gasteiger partial charge in [-0.25, -0.2) is 14.8 Å². The number of carbonyl (C=O) groups is 1. The van der Waals surface area contributed by atoms with Gasteiger partial charge in [0.2, 0.25) is 5.95 Å². The van der Waals surface area contributed by atoms with E-state index in [1.54, 1.807) is 11.1 Å². The van der Waals surface area contributed by atoms with Gasteiger partial charge in [0.05, 0.1) is 12.2 Å². The van der Waals surface area contributed by atoms with E-state index in [1.165, 1.54) is 5.56 Å². The summed E-state index contributed by atoms with van der Waals surface area (Å²) >= 11 is 3.44. The molecule has 0 bridgehead atoms. The smallest absolute Gasteiger partial charge is 0.410 e. The fourth-order valence-corrected chi connectivity index (χ4v) is 3.12. The van der Waals surface area contributed by atoms with Crippen LogP contribution in [0.25, 0.3) is 0 Å². The molecular formula is C20H25BrN4O2. The van der Waals surface area contributed by atoms with E-state index >= 15 is 0 Å². The average Bonchev–Trinajstić information content (AvgIpc) is 2.61. The fraction of sp³-hybridized carbons (Fsp3) is 0.450. The van der Waals surface area contributed by atoms with Crippen molar-refractivity contribution < 1.29 is 9.53 Å².